The molecule has 3 aromatic rings. The number of piperidine rings is 1. The first-order valence-electron chi connectivity index (χ1n) is 9.24. The number of likely N-dealkylation sites (tertiary alicyclic amines) is 1. The predicted molar refractivity (Wildman–Crippen MR) is 101 cm³/mol. The first-order chi connectivity index (χ1) is 13.7. The van der Waals surface area contributed by atoms with Crippen molar-refractivity contribution in [3.8, 4) is 17.3 Å². The second-order valence-electron chi connectivity index (χ2n) is 6.70. The molecular weight excluding hydrogens is 358 g/mol. The van der Waals surface area contributed by atoms with Gasteiger partial charge in [0.15, 0.2) is 0 Å². The summed E-state index contributed by atoms with van der Waals surface area (Å²) in [4.78, 5) is 23.5. The van der Waals surface area contributed by atoms with Crippen molar-refractivity contribution in [2.75, 3.05) is 13.7 Å². The maximum Gasteiger partial charge on any atom is 0.267 e. The number of hydrogen-bond acceptors (Lipinski definition) is 7. The van der Waals surface area contributed by atoms with Crippen LogP contribution in [0.5, 0.6) is 5.75 Å². The Morgan fingerprint density at radius 3 is 2.82 bits per heavy atom. The summed E-state index contributed by atoms with van der Waals surface area (Å²) in [6.45, 7) is 2.49. The molecule has 0 spiro atoms. The summed E-state index contributed by atoms with van der Waals surface area (Å²) < 4.78 is 11.2. The number of nitrogens with zero attached hydrogens (tertiary/aromatic N) is 5. The molecule has 8 heteroatoms. The van der Waals surface area contributed by atoms with Gasteiger partial charge in [0.05, 0.1) is 24.6 Å². The van der Waals surface area contributed by atoms with Crippen LogP contribution in [0.1, 0.15) is 47.2 Å². The summed E-state index contributed by atoms with van der Waals surface area (Å²) in [5.74, 6) is 1.17. The molecule has 1 aliphatic rings. The van der Waals surface area contributed by atoms with E-state index in [0.29, 0.717) is 35.3 Å². The molecule has 1 amide bonds. The Balaban J connectivity index is 1.62. The smallest absolute Gasteiger partial charge is 0.267 e. The van der Waals surface area contributed by atoms with E-state index in [1.807, 2.05) is 19.1 Å². The van der Waals surface area contributed by atoms with E-state index in [4.69, 9.17) is 9.15 Å². The SMILES string of the molecule is COc1ccccc1C(=O)N1CCCC[C@@H]1c1nnc(-c2cnc(C)cn2)o1. The van der Waals surface area contributed by atoms with Gasteiger partial charge in [0.2, 0.25) is 5.89 Å². The van der Waals surface area contributed by atoms with Crippen LogP contribution >= 0.6 is 0 Å². The second kappa shape index (κ2) is 7.75. The quantitative estimate of drug-likeness (QED) is 0.687. The van der Waals surface area contributed by atoms with Crippen molar-refractivity contribution in [1.29, 1.82) is 0 Å². The molecule has 1 fully saturated rings. The molecule has 1 saturated heterocycles. The van der Waals surface area contributed by atoms with Gasteiger partial charge in [-0.1, -0.05) is 12.1 Å². The Kier molecular flexibility index (Phi) is 5.01. The largest absolute Gasteiger partial charge is 0.496 e. The zero-order valence-corrected chi connectivity index (χ0v) is 15.8. The van der Waals surface area contributed by atoms with E-state index < -0.39 is 0 Å². The first-order valence-corrected chi connectivity index (χ1v) is 9.24. The molecule has 0 radical (unpaired) electrons. The minimum absolute atomic E-state index is 0.1000. The van der Waals surface area contributed by atoms with Crippen molar-refractivity contribution in [3.63, 3.8) is 0 Å². The maximum atomic E-state index is 13.2. The highest BCUT2D eigenvalue weighted by atomic mass is 16.5. The molecule has 1 aliphatic heterocycles. The van der Waals surface area contributed by atoms with Crippen LogP contribution in [0.4, 0.5) is 0 Å². The standard InChI is InChI=1S/C20H21N5O3/c1-13-11-22-15(12-21-13)18-23-24-19(28-18)16-8-5-6-10-25(16)20(26)14-7-3-4-9-17(14)27-2/h3-4,7,9,11-12,16H,5-6,8,10H2,1-2H3/t16-/m1/s1. The lowest BCUT2D eigenvalue weighted by molar-refractivity contribution is 0.0569. The van der Waals surface area contributed by atoms with Crippen LogP contribution in [-0.4, -0.2) is 44.6 Å². The van der Waals surface area contributed by atoms with Crippen molar-refractivity contribution in [1.82, 2.24) is 25.1 Å². The zero-order valence-electron chi connectivity index (χ0n) is 15.8. The van der Waals surface area contributed by atoms with Crippen LogP contribution in [-0.2, 0) is 0 Å². The van der Waals surface area contributed by atoms with Crippen LogP contribution in [0.25, 0.3) is 11.6 Å². The number of methoxy groups -OCH3 is 1. The normalized spacial score (nSPS) is 16.8. The van der Waals surface area contributed by atoms with E-state index in [1.54, 1.807) is 36.5 Å². The lowest BCUT2D eigenvalue weighted by Crippen LogP contribution is -2.38. The lowest BCUT2D eigenvalue weighted by Gasteiger charge is -2.33. The topological polar surface area (TPSA) is 94.2 Å². The molecule has 0 bridgehead atoms. The molecule has 144 valence electrons. The van der Waals surface area contributed by atoms with Gasteiger partial charge in [-0.15, -0.1) is 10.2 Å². The Morgan fingerprint density at radius 2 is 2.04 bits per heavy atom. The number of para-hydroxylation sites is 1. The summed E-state index contributed by atoms with van der Waals surface area (Å²) in [5, 5.41) is 8.31. The van der Waals surface area contributed by atoms with Gasteiger partial charge in [-0.25, -0.2) is 4.98 Å². The van der Waals surface area contributed by atoms with E-state index >= 15 is 0 Å². The maximum absolute atomic E-state index is 13.2. The molecular formula is C20H21N5O3. The molecule has 1 aromatic carbocycles. The minimum atomic E-state index is -0.272. The molecule has 4 rings (SSSR count). The highest BCUT2D eigenvalue weighted by Gasteiger charge is 2.33. The van der Waals surface area contributed by atoms with Gasteiger partial charge in [0, 0.05) is 12.7 Å². The number of carbonyl (C=O) groups is 1. The molecule has 8 nitrogen and oxygen atoms in total. The third-order valence-electron chi connectivity index (χ3n) is 4.83. The fourth-order valence-electron chi connectivity index (χ4n) is 3.38. The molecule has 28 heavy (non-hydrogen) atoms. The van der Waals surface area contributed by atoms with E-state index in [0.717, 1.165) is 25.0 Å². The summed E-state index contributed by atoms with van der Waals surface area (Å²) in [6.07, 6.45) is 5.94. The van der Waals surface area contributed by atoms with E-state index in [9.17, 15) is 4.79 Å². The average molecular weight is 379 g/mol. The van der Waals surface area contributed by atoms with Gasteiger partial charge in [-0.2, -0.15) is 0 Å². The second-order valence-corrected chi connectivity index (χ2v) is 6.70. The van der Waals surface area contributed by atoms with Gasteiger partial charge >= 0.3 is 0 Å². The molecule has 2 aromatic heterocycles. The number of aryl methyl sites for hydroxylation is 1. The summed E-state index contributed by atoms with van der Waals surface area (Å²) in [6, 6.07) is 6.96. The molecule has 0 N–H and O–H groups in total. The van der Waals surface area contributed by atoms with E-state index in [2.05, 4.69) is 20.2 Å². The third kappa shape index (κ3) is 3.45. The van der Waals surface area contributed by atoms with Gasteiger partial charge in [-0.3, -0.25) is 9.78 Å². The van der Waals surface area contributed by atoms with Gasteiger partial charge in [-0.05, 0) is 38.3 Å². The number of benzene rings is 1. The van der Waals surface area contributed by atoms with Crippen LogP contribution < -0.4 is 4.74 Å². The fraction of sp³-hybridized carbons (Fsp3) is 0.350. The number of amides is 1. The predicted octanol–water partition coefficient (Wildman–Crippen LogP) is 3.21. The third-order valence-corrected chi connectivity index (χ3v) is 4.83. The number of hydrogen-bond donors (Lipinski definition) is 0. The van der Waals surface area contributed by atoms with Gasteiger partial charge in [0.1, 0.15) is 17.5 Å². The Bertz CT molecular complexity index is 970. The molecule has 3 heterocycles. The van der Waals surface area contributed by atoms with E-state index in [1.165, 1.54) is 0 Å². The van der Waals surface area contributed by atoms with Gasteiger partial charge < -0.3 is 14.1 Å². The zero-order chi connectivity index (χ0) is 19.5. The molecule has 0 saturated carbocycles. The Hall–Kier alpha value is -3.29. The summed E-state index contributed by atoms with van der Waals surface area (Å²) >= 11 is 0. The van der Waals surface area contributed by atoms with Crippen LogP contribution in [0.15, 0.2) is 41.1 Å². The molecule has 0 aliphatic carbocycles. The fourth-order valence-corrected chi connectivity index (χ4v) is 3.38. The lowest BCUT2D eigenvalue weighted by atomic mass is 10.0. The van der Waals surface area contributed by atoms with Crippen molar-refractivity contribution in [3.05, 3.63) is 53.8 Å². The molecule has 0 unspecified atom stereocenters. The monoisotopic (exact) mass is 379 g/mol. The van der Waals surface area contributed by atoms with Crippen molar-refractivity contribution >= 4 is 5.91 Å². The number of carbonyl (C=O) groups excluding carboxylic acids is 1. The van der Waals surface area contributed by atoms with E-state index in [-0.39, 0.29) is 11.9 Å². The van der Waals surface area contributed by atoms with Crippen LogP contribution in [0.3, 0.4) is 0 Å². The summed E-state index contributed by atoms with van der Waals surface area (Å²) in [7, 11) is 1.56. The molecule has 1 atom stereocenters. The van der Waals surface area contributed by atoms with Crippen molar-refractivity contribution in [2.24, 2.45) is 0 Å². The summed E-state index contributed by atoms with van der Waals surface area (Å²) in [5.41, 5.74) is 1.85. The number of ether oxygens (including phenoxy) is 1. The Labute approximate surface area is 162 Å². The number of aromatic nitrogens is 4. The van der Waals surface area contributed by atoms with Crippen LogP contribution in [0, 0.1) is 6.92 Å². The minimum Gasteiger partial charge on any atom is -0.496 e. The first kappa shape index (κ1) is 18.1. The highest BCUT2D eigenvalue weighted by Crippen LogP contribution is 2.33. The Morgan fingerprint density at radius 1 is 1.18 bits per heavy atom. The average Bonchev–Trinajstić information content (AvgIpc) is 3.24. The highest BCUT2D eigenvalue weighted by molar-refractivity contribution is 5.97. The van der Waals surface area contributed by atoms with Crippen molar-refractivity contribution < 1.29 is 13.9 Å². The van der Waals surface area contributed by atoms with Gasteiger partial charge in [0.25, 0.3) is 11.8 Å². The number of rotatable bonds is 4. The van der Waals surface area contributed by atoms with Crippen molar-refractivity contribution in [2.45, 2.75) is 32.2 Å². The van der Waals surface area contributed by atoms with Crippen LogP contribution in [0.2, 0.25) is 0 Å².